The van der Waals surface area contributed by atoms with E-state index in [0.29, 0.717) is 29.7 Å². The Labute approximate surface area is 192 Å². The third-order valence-corrected chi connectivity index (χ3v) is 6.34. The first-order valence-electron chi connectivity index (χ1n) is 11.1. The van der Waals surface area contributed by atoms with E-state index in [2.05, 4.69) is 10.2 Å². The van der Waals surface area contributed by atoms with Gasteiger partial charge in [-0.15, -0.1) is 0 Å². The number of nitrogens with zero attached hydrogens (tertiary/aromatic N) is 1. The fourth-order valence-electron chi connectivity index (χ4n) is 4.17. The first-order chi connectivity index (χ1) is 15.5. The summed E-state index contributed by atoms with van der Waals surface area (Å²) in [5.74, 6) is -0.0433. The highest BCUT2D eigenvalue weighted by Gasteiger charge is 2.19. The summed E-state index contributed by atoms with van der Waals surface area (Å²) in [5.41, 5.74) is 3.01. The van der Waals surface area contributed by atoms with Crippen LogP contribution in [0.15, 0.2) is 45.6 Å². The van der Waals surface area contributed by atoms with E-state index in [1.54, 1.807) is 6.07 Å². The minimum Gasteiger partial charge on any atom is -0.506 e. The van der Waals surface area contributed by atoms with Crippen molar-refractivity contribution in [1.29, 1.82) is 0 Å². The summed E-state index contributed by atoms with van der Waals surface area (Å²) < 4.78 is 11.1. The summed E-state index contributed by atoms with van der Waals surface area (Å²) in [7, 11) is 0. The zero-order valence-electron chi connectivity index (χ0n) is 18.3. The molecule has 3 aromatic rings. The Bertz CT molecular complexity index is 1120. The predicted molar refractivity (Wildman–Crippen MR) is 127 cm³/mol. The fraction of sp³-hybridized carbons (Fsp3) is 0.400. The molecule has 0 radical (unpaired) electrons. The van der Waals surface area contributed by atoms with Crippen LogP contribution in [0.2, 0.25) is 5.02 Å². The minimum absolute atomic E-state index is 0.0433. The van der Waals surface area contributed by atoms with Crippen molar-refractivity contribution in [2.24, 2.45) is 0 Å². The van der Waals surface area contributed by atoms with Crippen LogP contribution in [0, 0.1) is 6.92 Å². The molecule has 2 N–H and O–H groups in total. The minimum atomic E-state index is -0.380. The summed E-state index contributed by atoms with van der Waals surface area (Å²) in [6.07, 6.45) is 1.46. The van der Waals surface area contributed by atoms with E-state index in [1.807, 2.05) is 37.3 Å². The quantitative estimate of drug-likeness (QED) is 0.396. The second-order valence-electron chi connectivity index (χ2n) is 8.20. The van der Waals surface area contributed by atoms with E-state index in [0.717, 1.165) is 62.3 Å². The number of hydrogen-bond acceptors (Lipinski definition) is 6. The van der Waals surface area contributed by atoms with Crippen LogP contribution in [0.5, 0.6) is 5.75 Å². The topological polar surface area (TPSA) is 74.9 Å². The lowest BCUT2D eigenvalue weighted by Gasteiger charge is -2.26. The molecular weight excluding hydrogens is 428 g/mol. The van der Waals surface area contributed by atoms with Crippen molar-refractivity contribution >= 4 is 22.6 Å². The maximum atomic E-state index is 12.8. The van der Waals surface area contributed by atoms with Gasteiger partial charge < -0.3 is 19.6 Å². The molecule has 32 heavy (non-hydrogen) atoms. The Balaban J connectivity index is 1.53. The molecule has 0 amide bonds. The SMILES string of the molecule is Cc1c(Cc2ccccc2)c(=O)oc2c(CNCCCN3CCOCC3)c(O)c(Cl)cc12. The van der Waals surface area contributed by atoms with E-state index in [1.165, 1.54) is 0 Å². The summed E-state index contributed by atoms with van der Waals surface area (Å²) in [5, 5.41) is 15.0. The van der Waals surface area contributed by atoms with Crippen molar-refractivity contribution in [3.05, 3.63) is 74.1 Å². The molecule has 0 bridgehead atoms. The number of ether oxygens (including phenoxy) is 1. The molecule has 0 saturated carbocycles. The van der Waals surface area contributed by atoms with Gasteiger partial charge in [0.05, 0.1) is 23.8 Å². The highest BCUT2D eigenvalue weighted by molar-refractivity contribution is 6.33. The van der Waals surface area contributed by atoms with Crippen molar-refractivity contribution < 1.29 is 14.3 Å². The third kappa shape index (κ3) is 5.15. The Hall–Kier alpha value is -2.38. The van der Waals surface area contributed by atoms with Crippen LogP contribution in [-0.4, -0.2) is 49.4 Å². The second kappa shape index (κ2) is 10.5. The Kier molecular flexibility index (Phi) is 7.48. The van der Waals surface area contributed by atoms with Gasteiger partial charge in [-0.3, -0.25) is 4.90 Å². The number of benzene rings is 2. The molecule has 1 saturated heterocycles. The van der Waals surface area contributed by atoms with Gasteiger partial charge in [-0.1, -0.05) is 41.9 Å². The number of fused-ring (bicyclic) bond motifs is 1. The number of nitrogens with one attached hydrogen (secondary N) is 1. The van der Waals surface area contributed by atoms with Crippen molar-refractivity contribution in [2.45, 2.75) is 26.3 Å². The average molecular weight is 457 g/mol. The molecule has 2 heterocycles. The van der Waals surface area contributed by atoms with Gasteiger partial charge in [0.25, 0.3) is 0 Å². The van der Waals surface area contributed by atoms with E-state index in [-0.39, 0.29) is 16.4 Å². The van der Waals surface area contributed by atoms with Crippen LogP contribution in [0.1, 0.15) is 28.7 Å². The number of phenols is 1. The molecule has 7 heteroatoms. The van der Waals surface area contributed by atoms with E-state index in [9.17, 15) is 9.90 Å². The highest BCUT2D eigenvalue weighted by Crippen LogP contribution is 2.36. The zero-order valence-corrected chi connectivity index (χ0v) is 19.1. The lowest BCUT2D eigenvalue weighted by atomic mass is 9.98. The van der Waals surface area contributed by atoms with Gasteiger partial charge in [0, 0.05) is 37.0 Å². The van der Waals surface area contributed by atoms with Crippen LogP contribution in [0.3, 0.4) is 0 Å². The summed E-state index contributed by atoms with van der Waals surface area (Å²) >= 11 is 6.34. The molecule has 0 spiro atoms. The molecular formula is C25H29ClN2O4. The standard InChI is InChI=1S/C25H29ClN2O4/c1-17-19-15-22(26)23(29)21(16-27-8-5-9-28-10-12-31-13-11-28)24(19)32-25(30)20(17)14-18-6-3-2-4-7-18/h2-4,6-7,15,27,29H,5,8-14,16H2,1H3. The van der Waals surface area contributed by atoms with Gasteiger partial charge >= 0.3 is 5.63 Å². The molecule has 6 nitrogen and oxygen atoms in total. The smallest absolute Gasteiger partial charge is 0.340 e. The van der Waals surface area contributed by atoms with Gasteiger partial charge in [0.1, 0.15) is 11.3 Å². The van der Waals surface area contributed by atoms with Crippen LogP contribution in [0.4, 0.5) is 0 Å². The maximum Gasteiger partial charge on any atom is 0.340 e. The number of aromatic hydroxyl groups is 1. The van der Waals surface area contributed by atoms with Crippen LogP contribution >= 0.6 is 11.6 Å². The van der Waals surface area contributed by atoms with Crippen molar-refractivity contribution in [1.82, 2.24) is 10.2 Å². The van der Waals surface area contributed by atoms with Crippen LogP contribution in [-0.2, 0) is 17.7 Å². The average Bonchev–Trinajstić information content (AvgIpc) is 2.81. The zero-order chi connectivity index (χ0) is 22.5. The molecule has 2 aromatic carbocycles. The van der Waals surface area contributed by atoms with Crippen molar-refractivity contribution in [3.63, 3.8) is 0 Å². The molecule has 0 unspecified atom stereocenters. The van der Waals surface area contributed by atoms with Crippen LogP contribution in [0.25, 0.3) is 11.0 Å². The van der Waals surface area contributed by atoms with Gasteiger partial charge in [-0.25, -0.2) is 4.79 Å². The molecule has 1 aromatic heterocycles. The fourth-order valence-corrected chi connectivity index (χ4v) is 4.40. The molecule has 0 atom stereocenters. The van der Waals surface area contributed by atoms with E-state index in [4.69, 9.17) is 20.8 Å². The van der Waals surface area contributed by atoms with Gasteiger partial charge in [0.15, 0.2) is 0 Å². The maximum absolute atomic E-state index is 12.8. The first kappa shape index (κ1) is 22.8. The number of halogens is 1. The van der Waals surface area contributed by atoms with Crippen molar-refractivity contribution in [3.8, 4) is 5.75 Å². The monoisotopic (exact) mass is 456 g/mol. The van der Waals surface area contributed by atoms with Gasteiger partial charge in [0.2, 0.25) is 0 Å². The molecule has 4 rings (SSSR count). The van der Waals surface area contributed by atoms with Crippen molar-refractivity contribution in [2.75, 3.05) is 39.4 Å². The lowest BCUT2D eigenvalue weighted by molar-refractivity contribution is 0.0374. The number of hydrogen-bond donors (Lipinski definition) is 2. The van der Waals surface area contributed by atoms with Gasteiger partial charge in [-0.05, 0) is 43.6 Å². The van der Waals surface area contributed by atoms with E-state index >= 15 is 0 Å². The Morgan fingerprint density at radius 2 is 1.91 bits per heavy atom. The van der Waals surface area contributed by atoms with Gasteiger partial charge in [-0.2, -0.15) is 0 Å². The Morgan fingerprint density at radius 3 is 2.66 bits per heavy atom. The number of morpholine rings is 1. The van der Waals surface area contributed by atoms with E-state index < -0.39 is 0 Å². The van der Waals surface area contributed by atoms with Crippen LogP contribution < -0.4 is 10.9 Å². The second-order valence-corrected chi connectivity index (χ2v) is 8.61. The summed E-state index contributed by atoms with van der Waals surface area (Å²) in [6, 6.07) is 11.5. The predicted octanol–water partition coefficient (Wildman–Crippen LogP) is 3.86. The first-order valence-corrected chi connectivity index (χ1v) is 11.4. The lowest BCUT2D eigenvalue weighted by Crippen LogP contribution is -2.37. The third-order valence-electron chi connectivity index (χ3n) is 6.06. The number of rotatable bonds is 8. The Morgan fingerprint density at radius 1 is 1.16 bits per heavy atom. The molecule has 0 aliphatic carbocycles. The molecule has 1 fully saturated rings. The highest BCUT2D eigenvalue weighted by atomic mass is 35.5. The number of aryl methyl sites for hydroxylation is 1. The normalized spacial score (nSPS) is 14.8. The largest absolute Gasteiger partial charge is 0.506 e. The summed E-state index contributed by atoms with van der Waals surface area (Å²) in [4.78, 5) is 15.2. The summed E-state index contributed by atoms with van der Waals surface area (Å²) in [6.45, 7) is 7.57. The molecule has 1 aliphatic rings. The molecule has 1 aliphatic heterocycles. The molecule has 170 valence electrons. The number of phenolic OH excluding ortho intramolecular Hbond substituents is 1.